The van der Waals surface area contributed by atoms with Crippen molar-refractivity contribution >= 4 is 41.0 Å². The van der Waals surface area contributed by atoms with E-state index in [1.807, 2.05) is 28.8 Å². The van der Waals surface area contributed by atoms with Crippen LogP contribution in [0.3, 0.4) is 0 Å². The normalized spacial score (nSPS) is 13.8. The number of aromatic nitrogens is 5. The van der Waals surface area contributed by atoms with Gasteiger partial charge in [-0.05, 0) is 49.2 Å². The van der Waals surface area contributed by atoms with Crippen LogP contribution in [0.2, 0.25) is 0 Å². The van der Waals surface area contributed by atoms with E-state index in [1.54, 1.807) is 0 Å². The van der Waals surface area contributed by atoms with Gasteiger partial charge >= 0.3 is 6.18 Å². The fraction of sp³-hybridized carbons (Fsp3) is 0.200. The van der Waals surface area contributed by atoms with Crippen molar-refractivity contribution in [1.29, 1.82) is 0 Å². The van der Waals surface area contributed by atoms with Crippen LogP contribution in [-0.4, -0.2) is 24.5 Å². The number of nitrogens with one attached hydrogen (secondary N) is 1. The molecule has 1 saturated carbocycles. The highest BCUT2D eigenvalue weighted by Crippen LogP contribution is 2.41. The summed E-state index contributed by atoms with van der Waals surface area (Å²) >= 11 is 0. The predicted molar refractivity (Wildman–Crippen MR) is 113 cm³/mol. The molecule has 2 heterocycles. The number of para-hydroxylation sites is 2. The van der Waals surface area contributed by atoms with Crippen molar-refractivity contribution in [2.75, 3.05) is 11.1 Å². The van der Waals surface area contributed by atoms with Crippen molar-refractivity contribution < 1.29 is 13.2 Å². The van der Waals surface area contributed by atoms with Gasteiger partial charge in [0, 0.05) is 11.6 Å². The third-order valence-electron chi connectivity index (χ3n) is 4.84. The van der Waals surface area contributed by atoms with Gasteiger partial charge in [0.05, 0.1) is 16.6 Å². The molecule has 0 aliphatic heterocycles. The highest BCUT2D eigenvalue weighted by molar-refractivity contribution is 5.85. The number of nitrogens with zero attached hydrogens (tertiary/aromatic N) is 5. The number of hydrogen-bond acceptors (Lipinski definition) is 6. The van der Waals surface area contributed by atoms with Crippen LogP contribution >= 0.6 is 12.4 Å². The largest absolute Gasteiger partial charge is 0.416 e. The molecule has 11 heteroatoms. The molecule has 4 aromatic rings. The zero-order valence-electron chi connectivity index (χ0n) is 16.0. The van der Waals surface area contributed by atoms with Gasteiger partial charge in [-0.15, -0.1) is 12.4 Å². The number of imidazole rings is 1. The molecule has 3 N–H and O–H groups in total. The Hall–Kier alpha value is -3.40. The van der Waals surface area contributed by atoms with E-state index in [1.165, 1.54) is 12.1 Å². The van der Waals surface area contributed by atoms with Crippen molar-refractivity contribution in [3.05, 3.63) is 59.9 Å². The Morgan fingerprint density at radius 1 is 0.935 bits per heavy atom. The number of nitrogens with two attached hydrogens (primary N) is 1. The molecule has 2 aromatic carbocycles. The first-order valence-corrected chi connectivity index (χ1v) is 9.32. The minimum Gasteiger partial charge on any atom is -0.368 e. The summed E-state index contributed by atoms with van der Waals surface area (Å²) in [5.41, 5.74) is 7.25. The molecule has 0 amide bonds. The van der Waals surface area contributed by atoms with Gasteiger partial charge in [0.2, 0.25) is 17.8 Å². The maximum Gasteiger partial charge on any atom is 0.416 e. The van der Waals surface area contributed by atoms with Crippen LogP contribution in [0.1, 0.15) is 30.1 Å². The first-order valence-electron chi connectivity index (χ1n) is 9.32. The Kier molecular flexibility index (Phi) is 5.18. The summed E-state index contributed by atoms with van der Waals surface area (Å²) in [6, 6.07) is 12.3. The topological polar surface area (TPSA) is 94.5 Å². The third kappa shape index (κ3) is 4.11. The molecular formula is C20H17ClF3N7. The van der Waals surface area contributed by atoms with Gasteiger partial charge in [-0.3, -0.25) is 4.57 Å². The van der Waals surface area contributed by atoms with Crippen LogP contribution in [0.15, 0.2) is 48.5 Å². The molecule has 0 radical (unpaired) electrons. The molecular weight excluding hydrogens is 431 g/mol. The summed E-state index contributed by atoms with van der Waals surface area (Å²) in [6.07, 6.45) is -2.31. The van der Waals surface area contributed by atoms with E-state index in [0.29, 0.717) is 17.6 Å². The number of fused-ring (bicyclic) bond motifs is 1. The zero-order chi connectivity index (χ0) is 20.9. The number of hydrogen-bond donors (Lipinski definition) is 2. The van der Waals surface area contributed by atoms with E-state index >= 15 is 0 Å². The van der Waals surface area contributed by atoms with E-state index in [0.717, 1.165) is 41.8 Å². The van der Waals surface area contributed by atoms with E-state index in [4.69, 9.17) is 10.7 Å². The molecule has 2 aromatic heterocycles. The second kappa shape index (κ2) is 7.69. The minimum atomic E-state index is -4.40. The van der Waals surface area contributed by atoms with Crippen molar-refractivity contribution in [2.45, 2.75) is 24.9 Å². The highest BCUT2D eigenvalue weighted by atomic mass is 35.5. The van der Waals surface area contributed by atoms with E-state index < -0.39 is 11.7 Å². The van der Waals surface area contributed by atoms with Crippen molar-refractivity contribution in [2.24, 2.45) is 0 Å². The first-order chi connectivity index (χ1) is 14.4. The summed E-state index contributed by atoms with van der Waals surface area (Å²) < 4.78 is 40.2. The summed E-state index contributed by atoms with van der Waals surface area (Å²) in [5, 5.41) is 2.89. The van der Waals surface area contributed by atoms with Crippen LogP contribution in [0.25, 0.3) is 17.0 Å². The molecule has 0 bridgehead atoms. The Bertz CT molecular complexity index is 1230. The quantitative estimate of drug-likeness (QED) is 0.464. The van der Waals surface area contributed by atoms with Gasteiger partial charge in [0.15, 0.2) is 0 Å². The first kappa shape index (κ1) is 20.9. The van der Waals surface area contributed by atoms with Gasteiger partial charge in [0.25, 0.3) is 0 Å². The maximum absolute atomic E-state index is 12.8. The van der Waals surface area contributed by atoms with Crippen molar-refractivity contribution in [3.8, 4) is 5.95 Å². The van der Waals surface area contributed by atoms with Crippen LogP contribution in [0.5, 0.6) is 0 Å². The summed E-state index contributed by atoms with van der Waals surface area (Å²) in [4.78, 5) is 17.5. The predicted octanol–water partition coefficient (Wildman–Crippen LogP) is 4.85. The summed E-state index contributed by atoms with van der Waals surface area (Å²) in [7, 11) is 0. The van der Waals surface area contributed by atoms with Gasteiger partial charge in [-0.25, -0.2) is 4.98 Å². The highest BCUT2D eigenvalue weighted by Gasteiger charge is 2.31. The maximum atomic E-state index is 12.8. The van der Waals surface area contributed by atoms with E-state index in [-0.39, 0.29) is 24.3 Å². The molecule has 1 aliphatic rings. The van der Waals surface area contributed by atoms with Crippen LogP contribution in [0.4, 0.5) is 30.8 Å². The van der Waals surface area contributed by atoms with Crippen molar-refractivity contribution in [1.82, 2.24) is 24.5 Å². The average molecular weight is 448 g/mol. The van der Waals surface area contributed by atoms with Gasteiger partial charge in [0.1, 0.15) is 5.82 Å². The second-order valence-corrected chi connectivity index (χ2v) is 7.09. The Labute approximate surface area is 181 Å². The van der Waals surface area contributed by atoms with Crippen LogP contribution in [0, 0.1) is 0 Å². The fourth-order valence-electron chi connectivity index (χ4n) is 3.28. The van der Waals surface area contributed by atoms with Gasteiger partial charge in [-0.1, -0.05) is 12.1 Å². The lowest BCUT2D eigenvalue weighted by Crippen LogP contribution is -2.11. The molecule has 0 atom stereocenters. The molecule has 5 rings (SSSR count). The summed E-state index contributed by atoms with van der Waals surface area (Å²) in [6.45, 7) is 0. The zero-order valence-corrected chi connectivity index (χ0v) is 16.8. The lowest BCUT2D eigenvalue weighted by molar-refractivity contribution is -0.137. The smallest absolute Gasteiger partial charge is 0.368 e. The SMILES string of the molecule is Cl.Nc1nc(Nc2ccc(C(F)(F)F)cc2)nc(-n2c(C3CC3)nc3ccccc32)n1. The molecule has 1 fully saturated rings. The molecule has 31 heavy (non-hydrogen) atoms. The molecule has 160 valence electrons. The molecule has 7 nitrogen and oxygen atoms in total. The molecule has 1 aliphatic carbocycles. The third-order valence-corrected chi connectivity index (χ3v) is 4.84. The minimum absolute atomic E-state index is 0. The standard InChI is InChI=1S/C20H16F3N7.ClH/c21-20(22,23)12-7-9-13(10-8-12)25-18-27-17(24)28-19(29-18)30-15-4-2-1-3-14(15)26-16(30)11-5-6-11;/h1-4,7-11H,5-6H2,(H3,24,25,27,28,29);1H. The van der Waals surface area contributed by atoms with E-state index in [2.05, 4.69) is 20.3 Å². The lowest BCUT2D eigenvalue weighted by atomic mass is 10.2. The monoisotopic (exact) mass is 447 g/mol. The number of halogens is 4. The van der Waals surface area contributed by atoms with Crippen LogP contribution < -0.4 is 11.1 Å². The van der Waals surface area contributed by atoms with Gasteiger partial charge in [-0.2, -0.15) is 28.1 Å². The fourth-order valence-corrected chi connectivity index (χ4v) is 3.28. The van der Waals surface area contributed by atoms with Crippen molar-refractivity contribution in [3.63, 3.8) is 0 Å². The second-order valence-electron chi connectivity index (χ2n) is 7.09. The number of alkyl halides is 3. The molecule has 0 saturated heterocycles. The van der Waals surface area contributed by atoms with E-state index in [9.17, 15) is 13.2 Å². The van der Waals surface area contributed by atoms with Gasteiger partial charge < -0.3 is 11.1 Å². The Morgan fingerprint density at radius 3 is 2.32 bits per heavy atom. The molecule has 0 spiro atoms. The Balaban J connectivity index is 0.00000231. The lowest BCUT2D eigenvalue weighted by Gasteiger charge is -2.11. The summed E-state index contributed by atoms with van der Waals surface area (Å²) in [5.74, 6) is 1.64. The number of nitrogen functional groups attached to an aromatic ring is 1. The van der Waals surface area contributed by atoms with Crippen LogP contribution in [-0.2, 0) is 6.18 Å². The molecule has 0 unspecified atom stereocenters. The number of anilines is 3. The Morgan fingerprint density at radius 2 is 1.65 bits per heavy atom. The average Bonchev–Trinajstić information content (AvgIpc) is 3.47. The number of rotatable bonds is 4. The number of benzene rings is 2.